The second kappa shape index (κ2) is 5.71. The average molecular weight is 314 g/mol. The van der Waals surface area contributed by atoms with Crippen LogP contribution in [0.5, 0.6) is 0 Å². The van der Waals surface area contributed by atoms with Crippen LogP contribution in [0.25, 0.3) is 11.0 Å². The molecule has 0 radical (unpaired) electrons. The van der Waals surface area contributed by atoms with Crippen molar-refractivity contribution in [3.63, 3.8) is 0 Å². The third-order valence-corrected chi connectivity index (χ3v) is 5.16. The zero-order valence-corrected chi connectivity index (χ0v) is 13.3. The van der Waals surface area contributed by atoms with Gasteiger partial charge in [0.15, 0.2) is 5.65 Å². The van der Waals surface area contributed by atoms with Crippen molar-refractivity contribution in [2.24, 2.45) is 0 Å². The van der Waals surface area contributed by atoms with Crippen molar-refractivity contribution in [1.29, 1.82) is 0 Å². The van der Waals surface area contributed by atoms with Crippen LogP contribution in [0.2, 0.25) is 0 Å². The van der Waals surface area contributed by atoms with E-state index in [4.69, 9.17) is 0 Å². The van der Waals surface area contributed by atoms with Crippen LogP contribution < -0.4 is 4.72 Å². The molecule has 0 saturated heterocycles. The zero-order chi connectivity index (χ0) is 14.8. The summed E-state index contributed by atoms with van der Waals surface area (Å²) >= 11 is 1.71. The zero-order valence-electron chi connectivity index (χ0n) is 11.7. The molecule has 6 nitrogen and oxygen atoms in total. The number of sulfonamides is 1. The van der Waals surface area contributed by atoms with Gasteiger partial charge >= 0.3 is 0 Å². The minimum Gasteiger partial charge on any atom is -0.259 e. The number of fused-ring (bicyclic) bond motifs is 1. The lowest BCUT2D eigenvalue weighted by molar-refractivity contribution is 0.580. The first-order chi connectivity index (χ1) is 9.30. The maximum atomic E-state index is 12.2. The predicted molar refractivity (Wildman–Crippen MR) is 81.3 cm³/mol. The smallest absolute Gasteiger partial charge is 0.259 e. The molecular formula is C12H18N4O2S2. The van der Waals surface area contributed by atoms with E-state index in [-0.39, 0.29) is 9.77 Å². The van der Waals surface area contributed by atoms with Crippen LogP contribution in [0.4, 0.5) is 0 Å². The molecule has 0 amide bonds. The summed E-state index contributed by atoms with van der Waals surface area (Å²) in [6.07, 6.45) is 1.59. The van der Waals surface area contributed by atoms with E-state index < -0.39 is 10.0 Å². The van der Waals surface area contributed by atoms with E-state index in [1.54, 1.807) is 30.1 Å². The quantitative estimate of drug-likeness (QED) is 0.821. The maximum Gasteiger partial charge on any atom is 0.260 e. The van der Waals surface area contributed by atoms with Crippen LogP contribution >= 0.6 is 11.8 Å². The summed E-state index contributed by atoms with van der Waals surface area (Å²) in [5.41, 5.74) is 0.469. The van der Waals surface area contributed by atoms with Crippen LogP contribution in [0.1, 0.15) is 20.8 Å². The van der Waals surface area contributed by atoms with Gasteiger partial charge in [-0.3, -0.25) is 5.10 Å². The van der Waals surface area contributed by atoms with Crippen molar-refractivity contribution < 1.29 is 8.42 Å². The van der Waals surface area contributed by atoms with Crippen molar-refractivity contribution in [3.8, 4) is 0 Å². The van der Waals surface area contributed by atoms with Crippen LogP contribution in [-0.4, -0.2) is 40.6 Å². The summed E-state index contributed by atoms with van der Waals surface area (Å²) in [4.78, 5) is 4.03. The molecule has 0 aromatic carbocycles. The Hall–Kier alpha value is -1.12. The molecule has 8 heteroatoms. The highest BCUT2D eigenvalue weighted by atomic mass is 32.2. The molecule has 0 unspecified atom stereocenters. The summed E-state index contributed by atoms with van der Waals surface area (Å²) in [5.74, 6) is 0.712. The molecule has 0 spiro atoms. The van der Waals surface area contributed by atoms with Crippen LogP contribution in [0.15, 0.2) is 23.4 Å². The number of nitrogens with one attached hydrogen (secondary N) is 2. The molecule has 0 aliphatic heterocycles. The molecule has 2 heterocycles. The first-order valence-electron chi connectivity index (χ1n) is 6.22. The standard InChI is InChI=1S/C12H18N4O2S2/c1-12(2,3)19-8-7-14-20(17,18)11-9-5-4-6-13-10(9)15-16-11/h4-6,14H,7-8H2,1-3H3,(H,13,15,16). The van der Waals surface area contributed by atoms with Gasteiger partial charge in [0, 0.05) is 23.2 Å². The lowest BCUT2D eigenvalue weighted by Gasteiger charge is -2.17. The summed E-state index contributed by atoms with van der Waals surface area (Å²) < 4.78 is 27.1. The highest BCUT2D eigenvalue weighted by molar-refractivity contribution is 8.00. The Morgan fingerprint density at radius 2 is 2.15 bits per heavy atom. The molecule has 0 aliphatic carbocycles. The minimum atomic E-state index is -3.61. The van der Waals surface area contributed by atoms with Gasteiger partial charge in [-0.1, -0.05) is 20.8 Å². The molecule has 2 aromatic heterocycles. The summed E-state index contributed by atoms with van der Waals surface area (Å²) in [6.45, 7) is 6.66. The van der Waals surface area contributed by atoms with Gasteiger partial charge in [-0.15, -0.1) is 0 Å². The van der Waals surface area contributed by atoms with Crippen LogP contribution in [0, 0.1) is 0 Å². The van der Waals surface area contributed by atoms with E-state index in [0.717, 1.165) is 0 Å². The van der Waals surface area contributed by atoms with Gasteiger partial charge < -0.3 is 0 Å². The normalized spacial score (nSPS) is 12.9. The van der Waals surface area contributed by atoms with E-state index in [1.165, 1.54) is 0 Å². The van der Waals surface area contributed by atoms with E-state index >= 15 is 0 Å². The van der Waals surface area contributed by atoms with Crippen molar-refractivity contribution in [1.82, 2.24) is 19.9 Å². The fraction of sp³-hybridized carbons (Fsp3) is 0.500. The van der Waals surface area contributed by atoms with Gasteiger partial charge in [0.2, 0.25) is 5.03 Å². The number of hydrogen-bond acceptors (Lipinski definition) is 5. The highest BCUT2D eigenvalue weighted by Gasteiger charge is 2.21. The van der Waals surface area contributed by atoms with Gasteiger partial charge in [-0.05, 0) is 12.1 Å². The number of thioether (sulfide) groups is 1. The van der Waals surface area contributed by atoms with Crippen molar-refractivity contribution >= 4 is 32.8 Å². The Kier molecular flexibility index (Phi) is 4.36. The molecule has 0 bridgehead atoms. The number of hydrogen-bond donors (Lipinski definition) is 2. The van der Waals surface area contributed by atoms with Gasteiger partial charge in [0.25, 0.3) is 10.0 Å². The number of rotatable bonds is 5. The van der Waals surface area contributed by atoms with E-state index in [1.807, 2.05) is 0 Å². The first-order valence-corrected chi connectivity index (χ1v) is 8.69. The maximum absolute atomic E-state index is 12.2. The average Bonchev–Trinajstić information content (AvgIpc) is 2.78. The number of aromatic amines is 1. The first kappa shape index (κ1) is 15.3. The van der Waals surface area contributed by atoms with Gasteiger partial charge in [-0.25, -0.2) is 18.1 Å². The minimum absolute atomic E-state index is 0.00126. The van der Waals surface area contributed by atoms with Gasteiger partial charge in [-0.2, -0.15) is 16.9 Å². The van der Waals surface area contributed by atoms with Crippen molar-refractivity contribution in [2.75, 3.05) is 12.3 Å². The Bertz CT molecular complexity index is 689. The monoisotopic (exact) mass is 314 g/mol. The summed E-state index contributed by atoms with van der Waals surface area (Å²) in [6, 6.07) is 3.37. The molecule has 20 heavy (non-hydrogen) atoms. The van der Waals surface area contributed by atoms with E-state index in [2.05, 4.69) is 40.7 Å². The Morgan fingerprint density at radius 1 is 1.40 bits per heavy atom. The number of aromatic nitrogens is 3. The molecule has 0 atom stereocenters. The Morgan fingerprint density at radius 3 is 2.85 bits per heavy atom. The number of pyridine rings is 1. The molecule has 2 rings (SSSR count). The SMILES string of the molecule is CC(C)(C)SCCNS(=O)(=O)c1n[nH]c2ncccc12. The summed E-state index contributed by atoms with van der Waals surface area (Å²) in [7, 11) is -3.61. The van der Waals surface area contributed by atoms with Crippen LogP contribution in [0.3, 0.4) is 0 Å². The molecule has 110 valence electrons. The number of H-pyrrole nitrogens is 1. The van der Waals surface area contributed by atoms with Crippen molar-refractivity contribution in [2.45, 2.75) is 30.5 Å². The number of nitrogens with zero attached hydrogens (tertiary/aromatic N) is 2. The highest BCUT2D eigenvalue weighted by Crippen LogP contribution is 2.22. The third kappa shape index (κ3) is 3.71. The molecule has 2 aromatic rings. The van der Waals surface area contributed by atoms with Crippen molar-refractivity contribution in [3.05, 3.63) is 18.3 Å². The van der Waals surface area contributed by atoms with Gasteiger partial charge in [0.1, 0.15) is 0 Å². The van der Waals surface area contributed by atoms with Crippen LogP contribution in [-0.2, 0) is 10.0 Å². The lowest BCUT2D eigenvalue weighted by atomic mass is 10.3. The second-order valence-corrected chi connectivity index (χ2v) is 8.89. The Labute approximate surface area is 122 Å². The van der Waals surface area contributed by atoms with Gasteiger partial charge in [0.05, 0.1) is 5.39 Å². The molecule has 0 aliphatic rings. The third-order valence-electron chi connectivity index (χ3n) is 2.49. The molecular weight excluding hydrogens is 296 g/mol. The molecule has 0 fully saturated rings. The second-order valence-electron chi connectivity index (χ2n) is 5.29. The molecule has 0 saturated carbocycles. The Balaban J connectivity index is 2.07. The topological polar surface area (TPSA) is 87.7 Å². The lowest BCUT2D eigenvalue weighted by Crippen LogP contribution is -2.27. The fourth-order valence-electron chi connectivity index (χ4n) is 1.64. The summed E-state index contributed by atoms with van der Waals surface area (Å²) in [5, 5.41) is 6.98. The predicted octanol–water partition coefficient (Wildman–Crippen LogP) is 1.77. The van der Waals surface area contributed by atoms with E-state index in [9.17, 15) is 8.42 Å². The van der Waals surface area contributed by atoms with E-state index in [0.29, 0.717) is 23.3 Å². The molecule has 2 N–H and O–H groups in total. The fourth-order valence-corrected chi connectivity index (χ4v) is 3.71. The largest absolute Gasteiger partial charge is 0.260 e.